The third kappa shape index (κ3) is 1.73. The number of fused-ring (bicyclic) bond motifs is 3. The van der Waals surface area contributed by atoms with Crippen molar-refractivity contribution in [3.05, 3.63) is 52.8 Å². The van der Waals surface area contributed by atoms with Crippen molar-refractivity contribution in [1.82, 2.24) is 9.78 Å². The van der Waals surface area contributed by atoms with Crippen molar-refractivity contribution in [3.63, 3.8) is 0 Å². The van der Waals surface area contributed by atoms with Gasteiger partial charge in [-0.15, -0.1) is 0 Å². The van der Waals surface area contributed by atoms with Gasteiger partial charge in [0.15, 0.2) is 0 Å². The van der Waals surface area contributed by atoms with Crippen molar-refractivity contribution >= 4 is 5.91 Å². The zero-order chi connectivity index (χ0) is 14.8. The molecule has 1 aromatic carbocycles. The SMILES string of the molecule is Cc1nn(C(=O)Cc2ccccc2)c2c1[C@H]1[C@@H](C2)C1(C)C. The van der Waals surface area contributed by atoms with E-state index in [2.05, 4.69) is 18.9 Å². The van der Waals surface area contributed by atoms with Crippen molar-refractivity contribution in [3.8, 4) is 0 Å². The maximum atomic E-state index is 12.6. The van der Waals surface area contributed by atoms with Crippen LogP contribution in [0.25, 0.3) is 0 Å². The van der Waals surface area contributed by atoms with Crippen LogP contribution in [0.4, 0.5) is 0 Å². The number of hydrogen-bond acceptors (Lipinski definition) is 2. The number of benzene rings is 1. The van der Waals surface area contributed by atoms with Gasteiger partial charge in [-0.25, -0.2) is 4.68 Å². The van der Waals surface area contributed by atoms with E-state index in [-0.39, 0.29) is 5.91 Å². The van der Waals surface area contributed by atoms with Gasteiger partial charge in [0.05, 0.1) is 17.8 Å². The van der Waals surface area contributed by atoms with Crippen molar-refractivity contribution < 1.29 is 4.79 Å². The molecule has 0 unspecified atom stereocenters. The van der Waals surface area contributed by atoms with Gasteiger partial charge in [0.2, 0.25) is 0 Å². The fourth-order valence-corrected chi connectivity index (χ4v) is 4.15. The Hall–Kier alpha value is -1.90. The molecular formula is C18H20N2O. The number of carbonyl (C=O) groups is 1. The first-order valence-corrected chi connectivity index (χ1v) is 7.65. The summed E-state index contributed by atoms with van der Waals surface area (Å²) in [4.78, 5) is 12.6. The molecule has 0 aliphatic heterocycles. The Morgan fingerprint density at radius 3 is 2.76 bits per heavy atom. The van der Waals surface area contributed by atoms with E-state index >= 15 is 0 Å². The van der Waals surface area contributed by atoms with Gasteiger partial charge in [-0.3, -0.25) is 4.79 Å². The van der Waals surface area contributed by atoms with Crippen LogP contribution in [0.5, 0.6) is 0 Å². The van der Waals surface area contributed by atoms with Crippen LogP contribution in [-0.4, -0.2) is 15.7 Å². The molecule has 0 saturated heterocycles. The summed E-state index contributed by atoms with van der Waals surface area (Å²) in [5.74, 6) is 1.41. The summed E-state index contributed by atoms with van der Waals surface area (Å²) in [6.07, 6.45) is 1.43. The van der Waals surface area contributed by atoms with Crippen molar-refractivity contribution in [2.75, 3.05) is 0 Å². The van der Waals surface area contributed by atoms with E-state index in [1.54, 1.807) is 4.68 Å². The van der Waals surface area contributed by atoms with Gasteiger partial charge in [0, 0.05) is 5.56 Å². The maximum Gasteiger partial charge on any atom is 0.251 e. The smallest absolute Gasteiger partial charge is 0.251 e. The number of aromatic nitrogens is 2. The van der Waals surface area contributed by atoms with Crippen molar-refractivity contribution in [1.29, 1.82) is 0 Å². The Morgan fingerprint density at radius 2 is 2.05 bits per heavy atom. The van der Waals surface area contributed by atoms with Crippen LogP contribution in [-0.2, 0) is 12.8 Å². The quantitative estimate of drug-likeness (QED) is 0.845. The van der Waals surface area contributed by atoms with E-state index in [0.717, 1.165) is 17.7 Å². The predicted octanol–water partition coefficient (Wildman–Crippen LogP) is 3.37. The van der Waals surface area contributed by atoms with Crippen LogP contribution in [0.1, 0.15) is 47.1 Å². The fraction of sp³-hybridized carbons (Fsp3) is 0.444. The molecule has 0 radical (unpaired) electrons. The molecule has 1 aromatic heterocycles. The van der Waals surface area contributed by atoms with Crippen LogP contribution >= 0.6 is 0 Å². The molecule has 0 spiro atoms. The standard InChI is InChI=1S/C18H20N2O/c1-11-16-14(10-13-17(16)18(13,2)3)20(19-11)15(21)9-12-7-5-4-6-8-12/h4-8,13,17H,9-10H2,1-3H3/t13-,17-/m1/s1. The third-order valence-corrected chi connectivity index (χ3v) is 5.42. The normalized spacial score (nSPS) is 24.5. The maximum absolute atomic E-state index is 12.6. The monoisotopic (exact) mass is 280 g/mol. The highest BCUT2D eigenvalue weighted by molar-refractivity contribution is 5.82. The molecule has 4 rings (SSSR count). The minimum Gasteiger partial charge on any atom is -0.272 e. The Balaban J connectivity index is 1.65. The number of aryl methyl sites for hydroxylation is 1. The van der Waals surface area contributed by atoms with E-state index in [1.165, 1.54) is 11.3 Å². The van der Waals surface area contributed by atoms with Crippen LogP contribution in [0, 0.1) is 18.3 Å². The van der Waals surface area contributed by atoms with Crippen LogP contribution in [0.2, 0.25) is 0 Å². The lowest BCUT2D eigenvalue weighted by Gasteiger charge is -2.10. The molecular weight excluding hydrogens is 260 g/mol. The summed E-state index contributed by atoms with van der Waals surface area (Å²) in [6, 6.07) is 9.90. The molecule has 108 valence electrons. The Bertz CT molecular complexity index is 727. The van der Waals surface area contributed by atoms with E-state index < -0.39 is 0 Å². The molecule has 0 amide bonds. The lowest BCUT2D eigenvalue weighted by Crippen LogP contribution is -2.18. The van der Waals surface area contributed by atoms with Gasteiger partial charge in [-0.05, 0) is 36.2 Å². The zero-order valence-corrected chi connectivity index (χ0v) is 12.8. The molecule has 3 heteroatoms. The molecule has 1 heterocycles. The average molecular weight is 280 g/mol. The molecule has 2 aliphatic carbocycles. The van der Waals surface area contributed by atoms with E-state index in [0.29, 0.717) is 23.7 Å². The summed E-state index contributed by atoms with van der Waals surface area (Å²) >= 11 is 0. The number of hydrogen-bond donors (Lipinski definition) is 0. The number of nitrogens with zero attached hydrogens (tertiary/aromatic N) is 2. The molecule has 1 fully saturated rings. The zero-order valence-electron chi connectivity index (χ0n) is 12.8. The van der Waals surface area contributed by atoms with Gasteiger partial charge in [-0.1, -0.05) is 44.2 Å². The summed E-state index contributed by atoms with van der Waals surface area (Å²) in [6.45, 7) is 6.70. The molecule has 3 nitrogen and oxygen atoms in total. The van der Waals surface area contributed by atoms with Crippen LogP contribution in [0.3, 0.4) is 0 Å². The van der Waals surface area contributed by atoms with Crippen molar-refractivity contribution in [2.24, 2.45) is 11.3 Å². The summed E-state index contributed by atoms with van der Waals surface area (Å²) < 4.78 is 1.68. The summed E-state index contributed by atoms with van der Waals surface area (Å²) in [5.41, 5.74) is 5.01. The predicted molar refractivity (Wildman–Crippen MR) is 81.5 cm³/mol. The van der Waals surface area contributed by atoms with E-state index in [1.807, 2.05) is 37.3 Å². The molecule has 0 bridgehead atoms. The highest BCUT2D eigenvalue weighted by Crippen LogP contribution is 2.70. The Kier molecular flexibility index (Phi) is 2.48. The second kappa shape index (κ2) is 4.06. The van der Waals surface area contributed by atoms with Gasteiger partial charge >= 0.3 is 0 Å². The topological polar surface area (TPSA) is 34.9 Å². The van der Waals surface area contributed by atoms with Crippen LogP contribution < -0.4 is 0 Å². The van der Waals surface area contributed by atoms with E-state index in [9.17, 15) is 4.79 Å². The molecule has 2 atom stereocenters. The van der Waals surface area contributed by atoms with Crippen molar-refractivity contribution in [2.45, 2.75) is 39.5 Å². The summed E-state index contributed by atoms with van der Waals surface area (Å²) in [5, 5.41) is 4.54. The molecule has 0 N–H and O–H groups in total. The van der Waals surface area contributed by atoms with Gasteiger partial charge in [-0.2, -0.15) is 5.10 Å². The fourth-order valence-electron chi connectivity index (χ4n) is 4.15. The second-order valence-electron chi connectivity index (χ2n) is 7.02. The molecule has 2 aromatic rings. The summed E-state index contributed by atoms with van der Waals surface area (Å²) in [7, 11) is 0. The minimum atomic E-state index is 0.0876. The largest absolute Gasteiger partial charge is 0.272 e. The lowest BCUT2D eigenvalue weighted by atomic mass is 9.98. The lowest BCUT2D eigenvalue weighted by molar-refractivity contribution is 0.0894. The minimum absolute atomic E-state index is 0.0876. The first kappa shape index (κ1) is 12.8. The Morgan fingerprint density at radius 1 is 1.33 bits per heavy atom. The van der Waals surface area contributed by atoms with E-state index in [4.69, 9.17) is 0 Å². The molecule has 2 aliphatic rings. The Labute approximate surface area is 125 Å². The average Bonchev–Trinajstić information content (AvgIpc) is 2.83. The molecule has 21 heavy (non-hydrogen) atoms. The number of rotatable bonds is 2. The first-order valence-electron chi connectivity index (χ1n) is 7.65. The van der Waals surface area contributed by atoms with Gasteiger partial charge in [0.1, 0.15) is 0 Å². The number of carbonyl (C=O) groups excluding carboxylic acids is 1. The highest BCUT2D eigenvalue weighted by Gasteiger charge is 2.64. The highest BCUT2D eigenvalue weighted by atomic mass is 16.2. The second-order valence-corrected chi connectivity index (χ2v) is 7.02. The van der Waals surface area contributed by atoms with Gasteiger partial charge < -0.3 is 0 Å². The molecule has 1 saturated carbocycles. The first-order chi connectivity index (χ1) is 10.00. The van der Waals surface area contributed by atoms with Gasteiger partial charge in [0.25, 0.3) is 5.91 Å². The van der Waals surface area contributed by atoms with Crippen LogP contribution in [0.15, 0.2) is 30.3 Å². The third-order valence-electron chi connectivity index (χ3n) is 5.42.